The number of hydrogen-bond donors (Lipinski definition) is 0. The van der Waals surface area contributed by atoms with Gasteiger partial charge in [-0.05, 0) is 39.9 Å². The molecule has 0 radical (unpaired) electrons. The maximum atomic E-state index is 12.8. The zero-order valence-corrected chi connectivity index (χ0v) is 8.51. The van der Waals surface area contributed by atoms with Crippen molar-refractivity contribution in [3.63, 3.8) is 0 Å². The van der Waals surface area contributed by atoms with Crippen LogP contribution in [0, 0.1) is 5.82 Å². The van der Waals surface area contributed by atoms with Gasteiger partial charge in [-0.1, -0.05) is 6.92 Å². The van der Waals surface area contributed by atoms with E-state index in [1.54, 1.807) is 17.8 Å². The molecule has 0 saturated heterocycles. The van der Waals surface area contributed by atoms with E-state index < -0.39 is 0 Å². The summed E-state index contributed by atoms with van der Waals surface area (Å²) in [6, 6.07) is 5.17. The molecule has 0 spiro atoms. The van der Waals surface area contributed by atoms with Crippen molar-refractivity contribution in [2.24, 2.45) is 0 Å². The Kier molecular flexibility index (Phi) is 3.40. The summed E-state index contributed by atoms with van der Waals surface area (Å²) in [5.41, 5.74) is 0. The quantitative estimate of drug-likeness (QED) is 0.704. The molecule has 0 atom stereocenters. The molecule has 0 N–H and O–H groups in total. The van der Waals surface area contributed by atoms with E-state index in [9.17, 15) is 4.39 Å². The van der Waals surface area contributed by atoms with Crippen molar-refractivity contribution in [1.29, 1.82) is 0 Å². The molecule has 0 bridgehead atoms. The Bertz CT molecular complexity index is 250. The van der Waals surface area contributed by atoms with Crippen LogP contribution in [0.3, 0.4) is 0 Å². The Labute approximate surface area is 78.3 Å². The fourth-order valence-electron chi connectivity index (χ4n) is 0.733. The van der Waals surface area contributed by atoms with Crippen LogP contribution in [0.25, 0.3) is 0 Å². The van der Waals surface area contributed by atoms with E-state index >= 15 is 0 Å². The third-order valence-electron chi connectivity index (χ3n) is 1.20. The predicted molar refractivity (Wildman–Crippen MR) is 50.5 cm³/mol. The Balaban J connectivity index is 2.86. The summed E-state index contributed by atoms with van der Waals surface area (Å²) in [4.78, 5) is 0.980. The minimum atomic E-state index is -0.191. The van der Waals surface area contributed by atoms with Gasteiger partial charge < -0.3 is 0 Å². The molecule has 0 heterocycles. The van der Waals surface area contributed by atoms with Gasteiger partial charge in [0.15, 0.2) is 0 Å². The van der Waals surface area contributed by atoms with Gasteiger partial charge in [0.25, 0.3) is 0 Å². The molecule has 0 aromatic heterocycles. The van der Waals surface area contributed by atoms with Crippen LogP contribution in [-0.4, -0.2) is 5.75 Å². The van der Waals surface area contributed by atoms with Crippen molar-refractivity contribution in [2.45, 2.75) is 11.8 Å². The van der Waals surface area contributed by atoms with E-state index in [0.29, 0.717) is 4.47 Å². The van der Waals surface area contributed by atoms with Crippen LogP contribution in [-0.2, 0) is 0 Å². The van der Waals surface area contributed by atoms with Gasteiger partial charge in [-0.25, -0.2) is 4.39 Å². The number of hydrogen-bond acceptors (Lipinski definition) is 1. The van der Waals surface area contributed by atoms with Crippen LogP contribution in [0.1, 0.15) is 6.92 Å². The van der Waals surface area contributed by atoms with Crippen LogP contribution >= 0.6 is 27.7 Å². The SMILES string of the molecule is CCSc1ccc(Br)c(F)c1. The number of rotatable bonds is 2. The first kappa shape index (κ1) is 9.07. The molecule has 3 heteroatoms. The summed E-state index contributed by atoms with van der Waals surface area (Å²) < 4.78 is 13.4. The van der Waals surface area contributed by atoms with E-state index in [1.165, 1.54) is 6.07 Å². The van der Waals surface area contributed by atoms with Crippen molar-refractivity contribution < 1.29 is 4.39 Å². The fraction of sp³-hybridized carbons (Fsp3) is 0.250. The molecule has 60 valence electrons. The van der Waals surface area contributed by atoms with Crippen LogP contribution in [0.5, 0.6) is 0 Å². The molecule has 0 fully saturated rings. The molecular formula is C8H8BrFS. The topological polar surface area (TPSA) is 0 Å². The van der Waals surface area contributed by atoms with Gasteiger partial charge in [-0.2, -0.15) is 0 Å². The van der Waals surface area contributed by atoms with Crippen molar-refractivity contribution in [1.82, 2.24) is 0 Å². The average molecular weight is 235 g/mol. The second kappa shape index (κ2) is 4.12. The number of benzene rings is 1. The van der Waals surface area contributed by atoms with E-state index in [0.717, 1.165) is 10.6 Å². The fourth-order valence-corrected chi connectivity index (χ4v) is 1.66. The lowest BCUT2D eigenvalue weighted by atomic mass is 10.3. The molecule has 0 nitrogen and oxygen atoms in total. The lowest BCUT2D eigenvalue weighted by Crippen LogP contribution is -1.78. The summed E-state index contributed by atoms with van der Waals surface area (Å²) in [6.45, 7) is 2.05. The zero-order valence-electron chi connectivity index (χ0n) is 6.10. The largest absolute Gasteiger partial charge is 0.206 e. The summed E-state index contributed by atoms with van der Waals surface area (Å²) in [6.07, 6.45) is 0. The molecule has 0 aliphatic rings. The normalized spacial score (nSPS) is 10.1. The highest BCUT2D eigenvalue weighted by Gasteiger charge is 1.99. The third kappa shape index (κ3) is 2.49. The van der Waals surface area contributed by atoms with E-state index in [2.05, 4.69) is 15.9 Å². The molecular weight excluding hydrogens is 227 g/mol. The summed E-state index contributed by atoms with van der Waals surface area (Å²) in [5, 5.41) is 0. The van der Waals surface area contributed by atoms with Gasteiger partial charge in [0.05, 0.1) is 4.47 Å². The molecule has 1 rings (SSSR count). The van der Waals surface area contributed by atoms with Crippen LogP contribution in [0.4, 0.5) is 4.39 Å². The minimum Gasteiger partial charge on any atom is -0.206 e. The highest BCUT2D eigenvalue weighted by atomic mass is 79.9. The zero-order chi connectivity index (χ0) is 8.27. The van der Waals surface area contributed by atoms with E-state index in [-0.39, 0.29) is 5.82 Å². The Morgan fingerprint density at radius 1 is 1.55 bits per heavy atom. The van der Waals surface area contributed by atoms with E-state index in [1.807, 2.05) is 13.0 Å². The van der Waals surface area contributed by atoms with Crippen molar-refractivity contribution in [3.05, 3.63) is 28.5 Å². The molecule has 1 aromatic rings. The number of halogens is 2. The molecule has 1 aromatic carbocycles. The van der Waals surface area contributed by atoms with Gasteiger partial charge >= 0.3 is 0 Å². The highest BCUT2D eigenvalue weighted by molar-refractivity contribution is 9.10. The second-order valence-corrected chi connectivity index (χ2v) is 4.20. The summed E-state index contributed by atoms with van der Waals surface area (Å²) in [7, 11) is 0. The van der Waals surface area contributed by atoms with Crippen molar-refractivity contribution in [3.8, 4) is 0 Å². The first-order valence-electron chi connectivity index (χ1n) is 3.32. The second-order valence-electron chi connectivity index (χ2n) is 2.01. The van der Waals surface area contributed by atoms with Gasteiger partial charge in [-0.15, -0.1) is 11.8 Å². The summed E-state index contributed by atoms with van der Waals surface area (Å²) >= 11 is 4.73. The Morgan fingerprint density at radius 3 is 2.82 bits per heavy atom. The van der Waals surface area contributed by atoms with E-state index in [4.69, 9.17) is 0 Å². The monoisotopic (exact) mass is 234 g/mol. The highest BCUT2D eigenvalue weighted by Crippen LogP contribution is 2.23. The Hall–Kier alpha value is -0.0200. The smallest absolute Gasteiger partial charge is 0.138 e. The van der Waals surface area contributed by atoms with Crippen LogP contribution in [0.15, 0.2) is 27.6 Å². The molecule has 11 heavy (non-hydrogen) atoms. The predicted octanol–water partition coefficient (Wildman–Crippen LogP) is 3.70. The maximum Gasteiger partial charge on any atom is 0.138 e. The maximum absolute atomic E-state index is 12.8. The summed E-state index contributed by atoms with van der Waals surface area (Å²) in [5.74, 6) is 0.782. The van der Waals surface area contributed by atoms with Crippen molar-refractivity contribution >= 4 is 27.7 Å². The molecule has 0 amide bonds. The standard InChI is InChI=1S/C8H8BrFS/c1-2-11-6-3-4-7(9)8(10)5-6/h3-5H,2H2,1H3. The first-order chi connectivity index (χ1) is 5.24. The van der Waals surface area contributed by atoms with Gasteiger partial charge in [0.1, 0.15) is 5.82 Å². The van der Waals surface area contributed by atoms with Crippen LogP contribution < -0.4 is 0 Å². The van der Waals surface area contributed by atoms with Crippen LogP contribution in [0.2, 0.25) is 0 Å². The Morgan fingerprint density at radius 2 is 2.27 bits per heavy atom. The molecule has 0 unspecified atom stereocenters. The number of thioether (sulfide) groups is 1. The molecule has 0 aliphatic heterocycles. The van der Waals surface area contributed by atoms with Gasteiger partial charge in [0.2, 0.25) is 0 Å². The molecule has 0 aliphatic carbocycles. The molecule has 0 saturated carbocycles. The first-order valence-corrected chi connectivity index (χ1v) is 5.09. The van der Waals surface area contributed by atoms with Gasteiger partial charge in [0, 0.05) is 4.90 Å². The third-order valence-corrected chi connectivity index (χ3v) is 2.72. The van der Waals surface area contributed by atoms with Crippen molar-refractivity contribution in [2.75, 3.05) is 5.75 Å². The minimum absolute atomic E-state index is 0.191. The lowest BCUT2D eigenvalue weighted by molar-refractivity contribution is 0.617. The average Bonchev–Trinajstić information content (AvgIpc) is 1.98. The van der Waals surface area contributed by atoms with Gasteiger partial charge in [-0.3, -0.25) is 0 Å². The lowest BCUT2D eigenvalue weighted by Gasteiger charge is -1.98.